The Bertz CT molecular complexity index is 912. The highest BCUT2D eigenvalue weighted by molar-refractivity contribution is 6.30. The van der Waals surface area contributed by atoms with E-state index < -0.39 is 12.1 Å². The third-order valence-corrected chi connectivity index (χ3v) is 5.45. The fourth-order valence-electron chi connectivity index (χ4n) is 3.31. The van der Waals surface area contributed by atoms with Crippen LogP contribution in [0.2, 0.25) is 5.02 Å². The van der Waals surface area contributed by atoms with Crippen LogP contribution in [0.3, 0.4) is 0 Å². The second-order valence-electron chi connectivity index (χ2n) is 7.53. The van der Waals surface area contributed by atoms with E-state index in [-0.39, 0.29) is 5.91 Å². The molecule has 0 aliphatic carbocycles. The van der Waals surface area contributed by atoms with Crippen molar-refractivity contribution in [3.63, 3.8) is 0 Å². The highest BCUT2D eigenvalue weighted by Gasteiger charge is 2.38. The van der Waals surface area contributed by atoms with Gasteiger partial charge in [-0.2, -0.15) is 13.2 Å². The highest BCUT2D eigenvalue weighted by Crippen LogP contribution is 2.27. The van der Waals surface area contributed by atoms with Crippen LogP contribution in [0.4, 0.5) is 13.2 Å². The zero-order valence-electron chi connectivity index (χ0n) is 17.7. The number of hydrogen-bond donors (Lipinski definition) is 1. The predicted octanol–water partition coefficient (Wildman–Crippen LogP) is 4.11. The number of rotatable bonds is 5. The number of piperidine rings is 1. The Morgan fingerprint density at radius 3 is 2.50 bits per heavy atom. The van der Waals surface area contributed by atoms with Gasteiger partial charge >= 0.3 is 12.1 Å². The van der Waals surface area contributed by atoms with Crippen LogP contribution in [0.5, 0.6) is 0 Å². The first-order valence-corrected chi connectivity index (χ1v) is 10.3. The molecule has 32 heavy (non-hydrogen) atoms. The molecule has 0 radical (unpaired) electrons. The minimum Gasteiger partial charge on any atom is -0.475 e. The molecule has 1 fully saturated rings. The summed E-state index contributed by atoms with van der Waals surface area (Å²) >= 11 is 6.05. The standard InChI is InChI=1S/C19H24ClN3O2.C2HF3O2/c1-22-10-8-17(9-11-22)23(2)18(24)7-6-15-13-21-25-19(15)14-4-3-5-16(20)12-14;3-2(4,5)1(6)7/h3-5,12-13,17H,6-11H2,1-2H3;(H,6,7). The third-order valence-electron chi connectivity index (χ3n) is 5.21. The molecule has 1 aliphatic rings. The van der Waals surface area contributed by atoms with Gasteiger partial charge in [0.2, 0.25) is 5.91 Å². The van der Waals surface area contributed by atoms with Gasteiger partial charge in [-0.3, -0.25) is 4.79 Å². The summed E-state index contributed by atoms with van der Waals surface area (Å²) in [4.78, 5) is 25.7. The number of amides is 1. The van der Waals surface area contributed by atoms with Crippen molar-refractivity contribution < 1.29 is 32.4 Å². The summed E-state index contributed by atoms with van der Waals surface area (Å²) in [6.45, 7) is 2.10. The average Bonchev–Trinajstić information content (AvgIpc) is 3.20. The van der Waals surface area contributed by atoms with Crippen molar-refractivity contribution in [2.75, 3.05) is 27.2 Å². The quantitative estimate of drug-likeness (QED) is 0.700. The van der Waals surface area contributed by atoms with Gasteiger partial charge in [0.25, 0.3) is 0 Å². The number of benzene rings is 1. The van der Waals surface area contributed by atoms with Crippen LogP contribution in [0, 0.1) is 0 Å². The number of carboxylic acids is 1. The molecule has 1 N–H and O–H groups in total. The van der Waals surface area contributed by atoms with Crippen LogP contribution in [-0.2, 0) is 16.0 Å². The van der Waals surface area contributed by atoms with Crippen molar-refractivity contribution in [3.8, 4) is 11.3 Å². The summed E-state index contributed by atoms with van der Waals surface area (Å²) in [6.07, 6.45) is -0.239. The van der Waals surface area contributed by atoms with E-state index in [1.54, 1.807) is 6.20 Å². The molecular weight excluding hydrogens is 451 g/mol. The lowest BCUT2D eigenvalue weighted by Crippen LogP contribution is -2.44. The number of alkyl halides is 3. The Hall–Kier alpha value is -2.59. The molecule has 7 nitrogen and oxygen atoms in total. The van der Waals surface area contributed by atoms with Crippen LogP contribution in [0.15, 0.2) is 35.0 Å². The van der Waals surface area contributed by atoms with E-state index >= 15 is 0 Å². The molecule has 1 aliphatic heterocycles. The van der Waals surface area contributed by atoms with Gasteiger partial charge in [-0.05, 0) is 51.5 Å². The molecule has 0 spiro atoms. The van der Waals surface area contributed by atoms with Crippen molar-refractivity contribution >= 4 is 23.5 Å². The van der Waals surface area contributed by atoms with Gasteiger partial charge in [0.1, 0.15) is 0 Å². The number of carboxylic acid groups (broad SMARTS) is 1. The number of halogens is 4. The molecule has 1 saturated heterocycles. The van der Waals surface area contributed by atoms with Crippen molar-refractivity contribution in [2.45, 2.75) is 37.9 Å². The molecule has 2 aromatic rings. The van der Waals surface area contributed by atoms with Gasteiger partial charge in [0.15, 0.2) is 5.76 Å². The van der Waals surface area contributed by atoms with Crippen LogP contribution >= 0.6 is 11.6 Å². The van der Waals surface area contributed by atoms with Gasteiger partial charge in [0, 0.05) is 35.7 Å². The normalized spacial score (nSPS) is 15.1. The smallest absolute Gasteiger partial charge is 0.475 e. The molecule has 11 heteroatoms. The number of carbonyl (C=O) groups excluding carboxylic acids is 1. The van der Waals surface area contributed by atoms with Crippen molar-refractivity contribution in [1.29, 1.82) is 0 Å². The summed E-state index contributed by atoms with van der Waals surface area (Å²) < 4.78 is 37.1. The zero-order valence-corrected chi connectivity index (χ0v) is 18.5. The summed E-state index contributed by atoms with van der Waals surface area (Å²) in [5.41, 5.74) is 1.82. The molecule has 2 heterocycles. The van der Waals surface area contributed by atoms with E-state index in [9.17, 15) is 18.0 Å². The Morgan fingerprint density at radius 2 is 1.94 bits per heavy atom. The maximum absolute atomic E-state index is 12.6. The molecule has 0 atom stereocenters. The van der Waals surface area contributed by atoms with Gasteiger partial charge in [0.05, 0.1) is 6.20 Å². The number of nitrogens with zero attached hydrogens (tertiary/aromatic N) is 3. The van der Waals surface area contributed by atoms with Crippen molar-refractivity contribution in [3.05, 3.63) is 41.0 Å². The van der Waals surface area contributed by atoms with E-state index in [1.807, 2.05) is 36.2 Å². The predicted molar refractivity (Wildman–Crippen MR) is 112 cm³/mol. The van der Waals surface area contributed by atoms with E-state index in [0.29, 0.717) is 29.7 Å². The fraction of sp³-hybridized carbons (Fsp3) is 0.476. The first-order chi connectivity index (χ1) is 15.0. The van der Waals surface area contributed by atoms with E-state index in [0.717, 1.165) is 37.1 Å². The van der Waals surface area contributed by atoms with Crippen LogP contribution in [0.25, 0.3) is 11.3 Å². The molecule has 1 aromatic carbocycles. The average molecular weight is 476 g/mol. The SMILES string of the molecule is CN1CCC(N(C)C(=O)CCc2cnoc2-c2cccc(Cl)c2)CC1.O=C(O)C(F)(F)F. The van der Waals surface area contributed by atoms with Crippen molar-refractivity contribution in [1.82, 2.24) is 15.0 Å². The Morgan fingerprint density at radius 1 is 1.31 bits per heavy atom. The Kier molecular flexibility index (Phi) is 9.09. The zero-order chi connectivity index (χ0) is 23.9. The molecule has 176 valence electrons. The molecular formula is C21H25ClF3N3O4. The second kappa shape index (κ2) is 11.3. The lowest BCUT2D eigenvalue weighted by atomic mass is 10.0. The topological polar surface area (TPSA) is 86.9 Å². The van der Waals surface area contributed by atoms with Crippen LogP contribution in [0.1, 0.15) is 24.8 Å². The van der Waals surface area contributed by atoms with E-state index in [4.69, 9.17) is 26.0 Å². The molecule has 3 rings (SSSR count). The first-order valence-electron chi connectivity index (χ1n) is 9.93. The first kappa shape index (κ1) is 25.7. The minimum absolute atomic E-state index is 0.174. The van der Waals surface area contributed by atoms with Gasteiger partial charge in [-0.1, -0.05) is 28.9 Å². The highest BCUT2D eigenvalue weighted by atomic mass is 35.5. The van der Waals surface area contributed by atoms with Gasteiger partial charge in [-0.25, -0.2) is 4.79 Å². The minimum atomic E-state index is -5.08. The number of carbonyl (C=O) groups is 2. The molecule has 0 bridgehead atoms. The number of hydrogen-bond acceptors (Lipinski definition) is 5. The maximum atomic E-state index is 12.6. The summed E-state index contributed by atoms with van der Waals surface area (Å²) in [7, 11) is 4.05. The molecule has 0 saturated carbocycles. The summed E-state index contributed by atoms with van der Waals surface area (Å²) in [6, 6.07) is 7.82. The summed E-state index contributed by atoms with van der Waals surface area (Å²) in [5.74, 6) is -1.89. The van der Waals surface area contributed by atoms with E-state index in [2.05, 4.69) is 17.1 Å². The maximum Gasteiger partial charge on any atom is 0.490 e. The molecule has 1 aromatic heterocycles. The number of aliphatic carboxylic acids is 1. The summed E-state index contributed by atoms with van der Waals surface area (Å²) in [5, 5.41) is 11.7. The number of likely N-dealkylation sites (tertiary alicyclic amines) is 1. The number of aryl methyl sites for hydroxylation is 1. The van der Waals surface area contributed by atoms with Gasteiger partial charge < -0.3 is 19.4 Å². The monoisotopic (exact) mass is 475 g/mol. The van der Waals surface area contributed by atoms with Gasteiger partial charge in [-0.15, -0.1) is 0 Å². The lowest BCUT2D eigenvalue weighted by Gasteiger charge is -2.35. The molecule has 0 unspecified atom stereocenters. The second-order valence-corrected chi connectivity index (χ2v) is 7.97. The van der Waals surface area contributed by atoms with Crippen molar-refractivity contribution in [2.24, 2.45) is 0 Å². The fourth-order valence-corrected chi connectivity index (χ4v) is 3.50. The largest absolute Gasteiger partial charge is 0.490 e. The number of aromatic nitrogens is 1. The lowest BCUT2D eigenvalue weighted by molar-refractivity contribution is -0.192. The van der Waals surface area contributed by atoms with Crippen LogP contribution < -0.4 is 0 Å². The Balaban J connectivity index is 0.000000451. The molecule has 1 amide bonds. The Labute approximate surface area is 188 Å². The van der Waals surface area contributed by atoms with E-state index in [1.165, 1.54) is 0 Å². The van der Waals surface area contributed by atoms with Crippen LogP contribution in [-0.4, -0.2) is 71.3 Å². The third kappa shape index (κ3) is 7.52.